The molecule has 328 valence electrons. The van der Waals surface area contributed by atoms with Crippen molar-refractivity contribution in [2.45, 2.75) is 64.5 Å². The second kappa shape index (κ2) is 22.4. The standard InChI is InChI=1S/C52H54Cl2N2O5S2/c53-45-29-39(27-43(47-21-13-25-62-47)49(45)59-23-11-3-9-19-37-15-5-1-6-16-37)31-55-33-41(34-55)51(57)61-52(58)42-35-56(36-42)32-40-28-44(48-22-14-26-63-48)50(46(54)30-40)60-24-12-4-10-20-38-17-7-2-8-18-38/h1-2,5-8,13-18,21-22,25-30,41-42H,3-4,9-12,19-20,23-24,31-36H2. The summed E-state index contributed by atoms with van der Waals surface area (Å²) in [5.74, 6) is -0.132. The van der Waals surface area contributed by atoms with Gasteiger partial charge in [-0.3, -0.25) is 19.4 Å². The molecular weight excluding hydrogens is 868 g/mol. The lowest BCUT2D eigenvalue weighted by Gasteiger charge is -2.39. The third-order valence-corrected chi connectivity index (χ3v) is 14.1. The van der Waals surface area contributed by atoms with Gasteiger partial charge in [0.15, 0.2) is 0 Å². The summed E-state index contributed by atoms with van der Waals surface area (Å²) in [5.41, 5.74) is 6.80. The monoisotopic (exact) mass is 920 g/mol. The minimum absolute atomic E-state index is 0.338. The van der Waals surface area contributed by atoms with E-state index >= 15 is 0 Å². The van der Waals surface area contributed by atoms with Gasteiger partial charge in [-0.15, -0.1) is 22.7 Å². The first kappa shape index (κ1) is 45.1. The molecule has 0 N–H and O–H groups in total. The van der Waals surface area contributed by atoms with E-state index in [1.165, 1.54) is 11.1 Å². The Hall–Kier alpha value is -4.48. The fraction of sp³-hybridized carbons (Fsp3) is 0.346. The molecule has 7 nitrogen and oxygen atoms in total. The smallest absolute Gasteiger partial charge is 0.319 e. The van der Waals surface area contributed by atoms with Gasteiger partial charge in [0, 0.05) is 60.1 Å². The summed E-state index contributed by atoms with van der Waals surface area (Å²) in [7, 11) is 0. The predicted octanol–water partition coefficient (Wildman–Crippen LogP) is 12.7. The number of esters is 2. The van der Waals surface area contributed by atoms with Crippen LogP contribution in [0.5, 0.6) is 11.5 Å². The Morgan fingerprint density at radius 2 is 0.952 bits per heavy atom. The Balaban J connectivity index is 0.766. The van der Waals surface area contributed by atoms with Crippen LogP contribution < -0.4 is 9.47 Å². The van der Waals surface area contributed by atoms with Crippen LogP contribution in [0.15, 0.2) is 120 Å². The van der Waals surface area contributed by atoms with Gasteiger partial charge >= 0.3 is 11.9 Å². The third-order valence-electron chi connectivity index (χ3n) is 11.8. The van der Waals surface area contributed by atoms with E-state index < -0.39 is 11.9 Å². The van der Waals surface area contributed by atoms with Crippen molar-refractivity contribution in [1.82, 2.24) is 9.80 Å². The molecule has 0 bridgehead atoms. The summed E-state index contributed by atoms with van der Waals surface area (Å²) in [4.78, 5) is 32.7. The van der Waals surface area contributed by atoms with Crippen molar-refractivity contribution in [1.29, 1.82) is 0 Å². The molecule has 4 aromatic carbocycles. The van der Waals surface area contributed by atoms with Crippen molar-refractivity contribution in [3.63, 3.8) is 0 Å². The number of benzene rings is 4. The van der Waals surface area contributed by atoms with E-state index in [9.17, 15) is 9.59 Å². The van der Waals surface area contributed by atoms with E-state index in [2.05, 4.69) is 105 Å². The molecule has 0 aliphatic carbocycles. The number of hydrogen-bond donors (Lipinski definition) is 0. The highest BCUT2D eigenvalue weighted by Gasteiger charge is 2.39. The second-order valence-electron chi connectivity index (χ2n) is 16.7. The van der Waals surface area contributed by atoms with E-state index in [1.54, 1.807) is 22.7 Å². The van der Waals surface area contributed by atoms with Crippen molar-refractivity contribution in [3.05, 3.63) is 152 Å². The van der Waals surface area contributed by atoms with Crippen LogP contribution in [0.4, 0.5) is 0 Å². The fourth-order valence-electron chi connectivity index (χ4n) is 8.34. The summed E-state index contributed by atoms with van der Waals surface area (Å²) < 4.78 is 18.1. The Bertz CT molecular complexity index is 2220. The normalized spacial score (nSPS) is 14.6. The van der Waals surface area contributed by atoms with Gasteiger partial charge in [0.05, 0.1) is 35.1 Å². The van der Waals surface area contributed by atoms with Crippen LogP contribution in [-0.4, -0.2) is 61.1 Å². The molecule has 2 aliphatic rings. The molecule has 6 aromatic rings. The number of hydrogen-bond acceptors (Lipinski definition) is 9. The zero-order chi connectivity index (χ0) is 43.4. The molecular formula is C52H54Cl2N2O5S2. The molecule has 2 fully saturated rings. The van der Waals surface area contributed by atoms with Gasteiger partial charge in [-0.05, 0) is 121 Å². The topological polar surface area (TPSA) is 68.3 Å². The molecule has 2 saturated heterocycles. The fourth-order valence-corrected chi connectivity index (χ4v) is 10.4. The van der Waals surface area contributed by atoms with Crippen LogP contribution in [0, 0.1) is 11.8 Å². The summed E-state index contributed by atoms with van der Waals surface area (Å²) in [5, 5.41) is 5.29. The van der Waals surface area contributed by atoms with Crippen LogP contribution in [0.1, 0.15) is 60.8 Å². The molecule has 0 unspecified atom stereocenters. The van der Waals surface area contributed by atoms with Crippen molar-refractivity contribution < 1.29 is 23.8 Å². The van der Waals surface area contributed by atoms with Gasteiger partial charge in [-0.2, -0.15) is 0 Å². The van der Waals surface area contributed by atoms with Gasteiger partial charge in [0.1, 0.15) is 11.5 Å². The van der Waals surface area contributed by atoms with Gasteiger partial charge < -0.3 is 14.2 Å². The number of thiophene rings is 2. The van der Waals surface area contributed by atoms with Gasteiger partial charge in [0.2, 0.25) is 0 Å². The molecule has 0 radical (unpaired) electrons. The molecule has 63 heavy (non-hydrogen) atoms. The van der Waals surface area contributed by atoms with Crippen LogP contribution in [0.25, 0.3) is 20.9 Å². The van der Waals surface area contributed by atoms with E-state index in [1.807, 2.05) is 24.3 Å². The maximum absolute atomic E-state index is 13.1. The van der Waals surface area contributed by atoms with Gasteiger partial charge in [0.25, 0.3) is 0 Å². The highest BCUT2D eigenvalue weighted by molar-refractivity contribution is 7.13. The Labute approximate surface area is 389 Å². The first-order valence-corrected chi connectivity index (χ1v) is 24.6. The maximum Gasteiger partial charge on any atom is 0.319 e. The number of likely N-dealkylation sites (tertiary alicyclic amines) is 2. The summed E-state index contributed by atoms with van der Waals surface area (Å²) in [6.07, 6.45) is 8.44. The Morgan fingerprint density at radius 3 is 1.35 bits per heavy atom. The molecule has 0 amide bonds. The summed E-state index contributed by atoms with van der Waals surface area (Å²) in [6.45, 7) is 4.57. The number of carbonyl (C=O) groups is 2. The van der Waals surface area contributed by atoms with Crippen LogP contribution in [-0.2, 0) is 40.3 Å². The van der Waals surface area contributed by atoms with Crippen molar-refractivity contribution in [2.75, 3.05) is 39.4 Å². The average molecular weight is 922 g/mol. The summed E-state index contributed by atoms with van der Waals surface area (Å²) in [6, 6.07) is 37.6. The van der Waals surface area contributed by atoms with Crippen LogP contribution in [0.2, 0.25) is 10.0 Å². The Kier molecular flexibility index (Phi) is 16.1. The van der Waals surface area contributed by atoms with Crippen molar-refractivity contribution in [3.8, 4) is 32.4 Å². The van der Waals surface area contributed by atoms with E-state index in [-0.39, 0.29) is 11.8 Å². The van der Waals surface area contributed by atoms with E-state index in [4.69, 9.17) is 37.4 Å². The predicted molar refractivity (Wildman–Crippen MR) is 257 cm³/mol. The SMILES string of the molecule is O=C(OC(=O)C1CN(Cc2cc(Cl)c(OCCCCCc3ccccc3)c(-c3cccs3)c2)C1)C1CN(Cc2cc(Cl)c(OCCCCCc3ccccc3)c(-c3cccs3)c2)C1. The van der Waals surface area contributed by atoms with Crippen LogP contribution in [0.3, 0.4) is 0 Å². The number of aryl methyl sites for hydroxylation is 2. The number of carbonyl (C=O) groups excluding carboxylic acids is 2. The lowest BCUT2D eigenvalue weighted by molar-refractivity contribution is -0.172. The van der Waals surface area contributed by atoms with E-state index in [0.717, 1.165) is 94.9 Å². The Morgan fingerprint density at radius 1 is 0.524 bits per heavy atom. The van der Waals surface area contributed by atoms with Gasteiger partial charge in [-0.25, -0.2) is 0 Å². The molecule has 4 heterocycles. The third kappa shape index (κ3) is 12.4. The van der Waals surface area contributed by atoms with Gasteiger partial charge in [-0.1, -0.05) is 96.0 Å². The van der Waals surface area contributed by atoms with Crippen LogP contribution >= 0.6 is 45.9 Å². The molecule has 0 spiro atoms. The number of unbranched alkanes of at least 4 members (excludes halogenated alkanes) is 4. The first-order chi connectivity index (χ1) is 30.9. The zero-order valence-electron chi connectivity index (χ0n) is 35.5. The maximum atomic E-state index is 13.1. The highest BCUT2D eigenvalue weighted by Crippen LogP contribution is 2.42. The number of nitrogens with zero attached hydrogens (tertiary/aromatic N) is 2. The number of ether oxygens (including phenoxy) is 3. The quantitative estimate of drug-likeness (QED) is 0.0382. The molecule has 2 aliphatic heterocycles. The molecule has 11 heteroatoms. The molecule has 2 aromatic heterocycles. The molecule has 8 rings (SSSR count). The van der Waals surface area contributed by atoms with Crippen molar-refractivity contribution in [2.24, 2.45) is 11.8 Å². The largest absolute Gasteiger partial charge is 0.491 e. The first-order valence-electron chi connectivity index (χ1n) is 22.1. The lowest BCUT2D eigenvalue weighted by atomic mass is 9.97. The van der Waals surface area contributed by atoms with E-state index in [0.29, 0.717) is 62.5 Å². The lowest BCUT2D eigenvalue weighted by Crippen LogP contribution is -2.53. The molecule has 0 saturated carbocycles. The number of halogens is 2. The summed E-state index contributed by atoms with van der Waals surface area (Å²) >= 11 is 17.1. The molecule has 0 atom stereocenters. The van der Waals surface area contributed by atoms with Crippen molar-refractivity contribution >= 4 is 57.8 Å². The second-order valence-corrected chi connectivity index (χ2v) is 19.4. The minimum atomic E-state index is -0.446. The zero-order valence-corrected chi connectivity index (χ0v) is 38.7. The minimum Gasteiger partial charge on any atom is -0.491 e. The highest BCUT2D eigenvalue weighted by atomic mass is 35.5. The average Bonchev–Trinajstić information content (AvgIpc) is 4.01. The number of rotatable bonds is 22.